The van der Waals surface area contributed by atoms with E-state index in [9.17, 15) is 29.1 Å². The van der Waals surface area contributed by atoms with Gasteiger partial charge in [-0.05, 0) is 158 Å². The summed E-state index contributed by atoms with van der Waals surface area (Å²) in [4.78, 5) is 107. The van der Waals surface area contributed by atoms with Gasteiger partial charge >= 0.3 is 11.9 Å². The lowest BCUT2D eigenvalue weighted by atomic mass is 10.1. The van der Waals surface area contributed by atoms with Gasteiger partial charge in [-0.15, -0.1) is 0 Å². The number of hydrogen-bond acceptors (Lipinski definition) is 30. The smallest absolute Gasteiger partial charge is 0.341 e. The number of carboxylic acids is 1. The van der Waals surface area contributed by atoms with E-state index in [1.54, 1.807) is 217 Å². The van der Waals surface area contributed by atoms with Gasteiger partial charge in [0, 0.05) is 93.0 Å². The van der Waals surface area contributed by atoms with Gasteiger partial charge in [-0.1, -0.05) is 18.2 Å². The van der Waals surface area contributed by atoms with E-state index >= 15 is 0 Å². The maximum atomic E-state index is 12.9. The summed E-state index contributed by atoms with van der Waals surface area (Å²) >= 11 is 0. The lowest BCUT2D eigenvalue weighted by Gasteiger charge is -2.11. The van der Waals surface area contributed by atoms with Crippen LogP contribution in [0.25, 0.3) is 115 Å². The number of nitrogens with zero attached hydrogens (tertiary/aromatic N) is 16. The first-order chi connectivity index (χ1) is 66.2. The van der Waals surface area contributed by atoms with Crippen LogP contribution in [0.15, 0.2) is 219 Å². The number of carbonyl (C=O) groups excluding carboxylic acids is 4. The molecule has 0 bridgehead atoms. The van der Waals surface area contributed by atoms with Crippen LogP contribution in [0.4, 0.5) is 0 Å². The van der Waals surface area contributed by atoms with Gasteiger partial charge in [-0.25, -0.2) is 9.59 Å². The van der Waals surface area contributed by atoms with Crippen LogP contribution in [0.2, 0.25) is 0 Å². The number of aromatic amines is 5. The molecule has 18 aromatic rings. The second kappa shape index (κ2) is 44.2. The maximum absolute atomic E-state index is 12.9. The fourth-order valence-corrected chi connectivity index (χ4v) is 13.8. The zero-order valence-electron chi connectivity index (χ0n) is 72.8. The molecule has 39 heteroatoms. The maximum Gasteiger partial charge on any atom is 0.341 e. The number of H-pyrrole nitrogens is 5. The molecular weight excluding hydrogens is 1730 g/mol. The molecular formula is C96H82N24O15. The second-order valence-electron chi connectivity index (χ2n) is 28.5. The molecule has 0 unspecified atom stereocenters. The van der Waals surface area contributed by atoms with Gasteiger partial charge in [0.1, 0.15) is 39.9 Å². The van der Waals surface area contributed by atoms with Crippen LogP contribution in [-0.4, -0.2) is 190 Å². The normalized spacial score (nSPS) is 11.4. The zero-order chi connectivity index (χ0) is 93.8. The Morgan fingerprint density at radius 2 is 0.748 bits per heavy atom. The number of pyridine rings is 1. The number of aromatic nitrogens is 21. The van der Waals surface area contributed by atoms with Crippen molar-refractivity contribution in [2.75, 3.05) is 48.9 Å². The van der Waals surface area contributed by atoms with Crippen molar-refractivity contribution in [3.8, 4) is 40.2 Å². The monoisotopic (exact) mass is 1810 g/mol. The quantitative estimate of drug-likeness (QED) is 0.0216. The number of benzene rings is 6. The van der Waals surface area contributed by atoms with E-state index < -0.39 is 11.9 Å². The Kier molecular flexibility index (Phi) is 29.8. The van der Waals surface area contributed by atoms with E-state index in [1.165, 1.54) is 34.5 Å². The Morgan fingerprint density at radius 3 is 1.12 bits per heavy atom. The van der Waals surface area contributed by atoms with Crippen LogP contribution in [-0.2, 0) is 24.4 Å². The summed E-state index contributed by atoms with van der Waals surface area (Å²) in [5, 5.41) is 57.4. The summed E-state index contributed by atoms with van der Waals surface area (Å²) in [7, 11) is 7.55. The summed E-state index contributed by atoms with van der Waals surface area (Å²) in [6, 6.07) is 28.2. The molecule has 0 aliphatic carbocycles. The average Bonchev–Trinajstić information content (AvgIpc) is 1.74. The summed E-state index contributed by atoms with van der Waals surface area (Å²) in [6.07, 6.45) is 49.0. The predicted octanol–water partition coefficient (Wildman–Crippen LogP) is 14.0. The van der Waals surface area contributed by atoms with Crippen LogP contribution in [0.1, 0.15) is 132 Å². The number of rotatable bonds is 27. The minimum atomic E-state index is -1.05. The Morgan fingerprint density at radius 1 is 0.378 bits per heavy atom. The Hall–Kier alpha value is -18.8. The van der Waals surface area contributed by atoms with Gasteiger partial charge in [0.05, 0.1) is 220 Å². The van der Waals surface area contributed by atoms with E-state index in [0.717, 1.165) is 38.9 Å². The number of furan rings is 1. The number of amides is 3. The average molecular weight is 1810 g/mol. The molecule has 19 rings (SSSR count). The molecule has 1 aliphatic heterocycles. The van der Waals surface area contributed by atoms with Gasteiger partial charge < -0.3 is 63.4 Å². The topological polar surface area (TPSA) is 514 Å². The van der Waals surface area contributed by atoms with Crippen molar-refractivity contribution in [1.29, 1.82) is 0 Å². The molecule has 0 saturated heterocycles. The standard InChI is InChI=1S/C24H20N4O4.C20H17N7O2.C20H17N5O3.C17H16N4O3.C15H12N4O3/c1-30-23-17(24(29)26-13-16-3-2-10-25-12-16)6-8-19-22(23)18(27-28-19)7-4-15-5-9-20-21(11-15)32-14-31-20;1-29-19-15(20(28)25-12-14-11-22-7-9-24-14)3-5-17-18(19)16(26-27-17)4-2-13-10-21-6-8-23-13;1-27-19-15(20(26)23-10-13-6-9-28-12-13)3-5-17-18(19)16(24-25-17)4-2-14-11-21-7-8-22-14;1-3-24-17(22)12-5-7-14-15(16(12)23-2)13(20-21-14)6-4-11-10-18-8-9-19-11;1-22-14-10(15(20)21)3-5-12-13(14)11(18-19-12)4-2-9-8-16-6-7-17-9/h2-12H,13-14H2,1H3,(H,26,29)(H,27,28);2-11H,12H2,1H3,(H,25,28)(H,26,27);2-9,11-12H,10H2,1H3,(H,23,26)(H,24,25);4-10H,3H2,1-2H3,(H,20,21);2-8H,1H3,(H,18,19)(H,20,21)/b7-4+;2*4-2+;6-4+;4-2+. The van der Waals surface area contributed by atoms with Gasteiger partial charge in [-0.2, -0.15) is 25.5 Å². The number of hydrogen-bond donors (Lipinski definition) is 9. The summed E-state index contributed by atoms with van der Waals surface area (Å²) < 4.78 is 48.4. The van der Waals surface area contributed by atoms with E-state index in [1.807, 2.05) is 66.8 Å². The van der Waals surface area contributed by atoms with Crippen molar-refractivity contribution in [3.05, 3.63) is 316 Å². The molecule has 0 fully saturated rings. The number of esters is 1. The molecule has 135 heavy (non-hydrogen) atoms. The molecule has 12 aromatic heterocycles. The molecule has 0 atom stereocenters. The van der Waals surface area contributed by atoms with E-state index in [2.05, 4.69) is 122 Å². The second-order valence-corrected chi connectivity index (χ2v) is 28.5. The SMILES string of the molecule is CCOC(=O)c1ccc2n[nH]c(/C=C/c3cnccn3)c2c1OC.COc1c(C(=O)NCc2cccnc2)ccc2n[nH]c(/C=C/c3ccc4c(c3)OCO4)c12.COc1c(C(=O)NCc2ccoc2)ccc2n[nH]c(/C=C/c3cnccn3)c12.COc1c(C(=O)NCc2cnccn2)ccc2n[nH]c(/C=C/c3cnccn3)c12.COc1c(C(=O)O)ccc2n[nH]c(/C=C/c3cnccn3)c12. The van der Waals surface area contributed by atoms with Crippen LogP contribution in [0, 0.1) is 0 Å². The number of aromatic carboxylic acids is 1. The predicted molar refractivity (Wildman–Crippen MR) is 500 cm³/mol. The molecule has 0 saturated carbocycles. The fourth-order valence-electron chi connectivity index (χ4n) is 13.8. The molecule has 676 valence electrons. The van der Waals surface area contributed by atoms with E-state index in [4.69, 9.17) is 42.3 Å². The molecule has 0 spiro atoms. The summed E-state index contributed by atoms with van der Waals surface area (Å²) in [5.41, 5.74) is 14.8. The van der Waals surface area contributed by atoms with Crippen molar-refractivity contribution >= 4 is 145 Å². The lowest BCUT2D eigenvalue weighted by molar-refractivity contribution is 0.0521. The first kappa shape index (κ1) is 90.9. The molecule has 1 aliphatic rings. The van der Waals surface area contributed by atoms with Crippen molar-refractivity contribution in [1.82, 2.24) is 122 Å². The minimum absolute atomic E-state index is 0.0885. The highest BCUT2D eigenvalue weighted by atomic mass is 16.7. The summed E-state index contributed by atoms with van der Waals surface area (Å²) in [6.45, 7) is 3.29. The van der Waals surface area contributed by atoms with Crippen molar-refractivity contribution < 1.29 is 71.4 Å². The molecule has 9 N–H and O–H groups in total. The molecule has 3 amide bonds. The number of fused-ring (bicyclic) bond motifs is 6. The molecule has 13 heterocycles. The van der Waals surface area contributed by atoms with Crippen molar-refractivity contribution in [2.24, 2.45) is 0 Å². The number of ether oxygens (including phenoxy) is 8. The van der Waals surface area contributed by atoms with Crippen LogP contribution in [0.3, 0.4) is 0 Å². The fraction of sp³-hybridized carbons (Fsp3) is 0.115. The number of methoxy groups -OCH3 is 5. The summed E-state index contributed by atoms with van der Waals surface area (Å²) in [5.74, 6) is 1.27. The third-order valence-corrected chi connectivity index (χ3v) is 20.1. The molecule has 39 nitrogen and oxygen atoms in total. The van der Waals surface area contributed by atoms with Gasteiger partial charge in [0.2, 0.25) is 6.79 Å². The molecule has 0 radical (unpaired) electrons. The van der Waals surface area contributed by atoms with Crippen molar-refractivity contribution in [3.63, 3.8) is 0 Å². The third kappa shape index (κ3) is 22.1. The first-order valence-electron chi connectivity index (χ1n) is 41.2. The zero-order valence-corrected chi connectivity index (χ0v) is 72.8. The number of carbonyl (C=O) groups is 5. The van der Waals surface area contributed by atoms with Crippen molar-refractivity contribution in [2.45, 2.75) is 26.6 Å². The highest BCUT2D eigenvalue weighted by Crippen LogP contribution is 2.39. The van der Waals surface area contributed by atoms with Gasteiger partial charge in [0.25, 0.3) is 17.7 Å². The third-order valence-electron chi connectivity index (χ3n) is 20.1. The van der Waals surface area contributed by atoms with Gasteiger partial charge in [0.15, 0.2) is 11.5 Å². The molecule has 6 aromatic carbocycles. The Bertz CT molecular complexity index is 7340. The Balaban J connectivity index is 0.000000129. The Labute approximate surface area is 766 Å². The van der Waals surface area contributed by atoms with E-state index in [0.29, 0.717) is 166 Å². The highest BCUT2D eigenvalue weighted by molar-refractivity contribution is 6.09. The van der Waals surface area contributed by atoms with Crippen LogP contribution in [0.5, 0.6) is 40.2 Å². The first-order valence-corrected chi connectivity index (χ1v) is 41.2. The lowest BCUT2D eigenvalue weighted by Crippen LogP contribution is -2.24. The number of nitrogens with one attached hydrogen (secondary N) is 8. The largest absolute Gasteiger partial charge is 0.495 e. The van der Waals surface area contributed by atoms with E-state index in [-0.39, 0.29) is 42.4 Å². The van der Waals surface area contributed by atoms with Gasteiger partial charge in [-0.3, -0.25) is 94.7 Å². The minimum Gasteiger partial charge on any atom is -0.495 e. The number of carboxylic acid groups (broad SMARTS) is 1. The van der Waals surface area contributed by atoms with Crippen LogP contribution < -0.4 is 49.1 Å². The highest BCUT2D eigenvalue weighted by Gasteiger charge is 2.26. The van der Waals surface area contributed by atoms with Crippen LogP contribution >= 0.6 is 0 Å².